The quantitative estimate of drug-likeness (QED) is 0.897. The summed E-state index contributed by atoms with van der Waals surface area (Å²) in [4.78, 5) is 19.0. The molecule has 1 aliphatic heterocycles. The van der Waals surface area contributed by atoms with Crippen molar-refractivity contribution in [2.24, 2.45) is 10.7 Å². The number of carbonyl (C=O) groups is 1. The summed E-state index contributed by atoms with van der Waals surface area (Å²) >= 11 is 1.49. The SMILES string of the molecule is Cc1c(-c2ccc(F)c(C#N)c2)csc1[C@]1(C)CC(=O)N(C)C(N)=N1. The Morgan fingerprint density at radius 3 is 2.84 bits per heavy atom. The maximum atomic E-state index is 13.6. The molecule has 0 radical (unpaired) electrons. The zero-order chi connectivity index (χ0) is 18.4. The first-order valence-electron chi connectivity index (χ1n) is 7.67. The summed E-state index contributed by atoms with van der Waals surface area (Å²) in [5.41, 5.74) is 7.79. The number of rotatable bonds is 2. The van der Waals surface area contributed by atoms with E-state index in [1.165, 1.54) is 28.4 Å². The second-order valence-corrected chi connectivity index (χ2v) is 7.16. The topological polar surface area (TPSA) is 82.5 Å². The molecule has 0 aliphatic carbocycles. The molecule has 25 heavy (non-hydrogen) atoms. The molecule has 2 N–H and O–H groups in total. The van der Waals surface area contributed by atoms with Gasteiger partial charge in [-0.2, -0.15) is 5.26 Å². The van der Waals surface area contributed by atoms with Crippen LogP contribution in [-0.4, -0.2) is 23.8 Å². The highest BCUT2D eigenvalue weighted by atomic mass is 32.1. The summed E-state index contributed by atoms with van der Waals surface area (Å²) in [5.74, 6) is -0.427. The predicted octanol–water partition coefficient (Wildman–Crippen LogP) is 3.13. The maximum absolute atomic E-state index is 13.6. The van der Waals surface area contributed by atoms with E-state index in [9.17, 15) is 9.18 Å². The Balaban J connectivity index is 2.08. The Morgan fingerprint density at radius 1 is 1.48 bits per heavy atom. The van der Waals surface area contributed by atoms with Crippen molar-refractivity contribution in [1.82, 2.24) is 4.90 Å². The summed E-state index contributed by atoms with van der Waals surface area (Å²) in [6.07, 6.45) is 0.234. The molecule has 0 saturated carbocycles. The van der Waals surface area contributed by atoms with Crippen LogP contribution in [-0.2, 0) is 10.3 Å². The lowest BCUT2D eigenvalue weighted by molar-refractivity contribution is -0.128. The van der Waals surface area contributed by atoms with Gasteiger partial charge in [-0.05, 0) is 48.1 Å². The molecule has 1 amide bonds. The van der Waals surface area contributed by atoms with E-state index in [1.807, 2.05) is 25.3 Å². The summed E-state index contributed by atoms with van der Waals surface area (Å²) in [5, 5.41) is 11.0. The predicted molar refractivity (Wildman–Crippen MR) is 95.5 cm³/mol. The minimum atomic E-state index is -0.723. The minimum Gasteiger partial charge on any atom is -0.369 e. The highest BCUT2D eigenvalue weighted by molar-refractivity contribution is 7.10. The van der Waals surface area contributed by atoms with Crippen LogP contribution < -0.4 is 5.73 Å². The van der Waals surface area contributed by atoms with Crippen molar-refractivity contribution in [2.75, 3.05) is 7.05 Å². The van der Waals surface area contributed by atoms with Gasteiger partial charge in [0.1, 0.15) is 17.4 Å². The molecule has 1 aromatic heterocycles. The summed E-state index contributed by atoms with van der Waals surface area (Å²) in [6.45, 7) is 3.83. The van der Waals surface area contributed by atoms with Crippen molar-refractivity contribution in [3.05, 3.63) is 45.4 Å². The summed E-state index contributed by atoms with van der Waals surface area (Å²) in [7, 11) is 1.61. The number of nitriles is 1. The lowest BCUT2D eigenvalue weighted by Crippen LogP contribution is -2.47. The van der Waals surface area contributed by atoms with Crippen LogP contribution >= 0.6 is 11.3 Å². The van der Waals surface area contributed by atoms with Crippen LogP contribution in [0.25, 0.3) is 11.1 Å². The number of nitrogens with zero attached hydrogens (tertiary/aromatic N) is 3. The number of halogens is 1. The van der Waals surface area contributed by atoms with Crippen LogP contribution in [0.5, 0.6) is 0 Å². The monoisotopic (exact) mass is 356 g/mol. The fourth-order valence-corrected chi connectivity index (χ4v) is 4.26. The van der Waals surface area contributed by atoms with E-state index in [0.29, 0.717) is 0 Å². The van der Waals surface area contributed by atoms with Crippen molar-refractivity contribution < 1.29 is 9.18 Å². The van der Waals surface area contributed by atoms with Gasteiger partial charge in [-0.15, -0.1) is 11.3 Å². The van der Waals surface area contributed by atoms with Crippen molar-refractivity contribution in [3.8, 4) is 17.2 Å². The standard InChI is InChI=1S/C18H17FN4OS/c1-10-13(11-4-5-14(19)12(6-11)8-20)9-25-16(10)18(2)7-15(24)23(3)17(21)22-18/h4-6,9H,7H2,1-3H3,(H2,21,22)/t18-/m0/s1. The molecule has 1 atom stereocenters. The van der Waals surface area contributed by atoms with Crippen molar-refractivity contribution in [2.45, 2.75) is 25.8 Å². The molecule has 0 fully saturated rings. The van der Waals surface area contributed by atoms with E-state index in [1.54, 1.807) is 13.1 Å². The fraction of sp³-hybridized carbons (Fsp3) is 0.278. The van der Waals surface area contributed by atoms with Gasteiger partial charge < -0.3 is 5.73 Å². The second-order valence-electron chi connectivity index (χ2n) is 6.28. The molecule has 2 aromatic rings. The first-order chi connectivity index (χ1) is 11.8. The number of carbonyl (C=O) groups excluding carboxylic acids is 1. The largest absolute Gasteiger partial charge is 0.369 e. The molecule has 0 bridgehead atoms. The highest BCUT2D eigenvalue weighted by Crippen LogP contribution is 2.42. The molecule has 0 unspecified atom stereocenters. The fourth-order valence-electron chi connectivity index (χ4n) is 3.05. The van der Waals surface area contributed by atoms with Crippen LogP contribution in [0.3, 0.4) is 0 Å². The zero-order valence-corrected chi connectivity index (χ0v) is 14.9. The number of nitrogens with two attached hydrogens (primary N) is 1. The number of benzene rings is 1. The number of amides is 1. The van der Waals surface area contributed by atoms with E-state index >= 15 is 0 Å². The molecule has 0 spiro atoms. The smallest absolute Gasteiger partial charge is 0.231 e. The van der Waals surface area contributed by atoms with Crippen molar-refractivity contribution in [1.29, 1.82) is 5.26 Å². The van der Waals surface area contributed by atoms with Crippen LogP contribution in [0, 0.1) is 24.1 Å². The van der Waals surface area contributed by atoms with Crippen LogP contribution in [0.4, 0.5) is 4.39 Å². The average Bonchev–Trinajstić information content (AvgIpc) is 2.95. The average molecular weight is 356 g/mol. The van der Waals surface area contributed by atoms with Gasteiger partial charge in [-0.25, -0.2) is 9.38 Å². The Morgan fingerprint density at radius 2 is 2.20 bits per heavy atom. The Kier molecular flexibility index (Phi) is 4.09. The number of hydrogen-bond donors (Lipinski definition) is 1. The lowest BCUT2D eigenvalue weighted by atomic mass is 9.90. The molecular formula is C18H17FN4OS. The number of thiophene rings is 1. The van der Waals surface area contributed by atoms with Gasteiger partial charge in [0.2, 0.25) is 5.91 Å². The van der Waals surface area contributed by atoms with E-state index < -0.39 is 11.4 Å². The molecule has 1 aromatic carbocycles. The maximum Gasteiger partial charge on any atom is 0.231 e. The third kappa shape index (κ3) is 2.79. The van der Waals surface area contributed by atoms with Gasteiger partial charge in [0, 0.05) is 11.9 Å². The van der Waals surface area contributed by atoms with Gasteiger partial charge in [0.05, 0.1) is 12.0 Å². The van der Waals surface area contributed by atoms with Crippen LogP contribution in [0.1, 0.15) is 29.3 Å². The Bertz CT molecular complexity index is 943. The molecule has 7 heteroatoms. The molecular weight excluding hydrogens is 339 g/mol. The zero-order valence-electron chi connectivity index (χ0n) is 14.1. The van der Waals surface area contributed by atoms with Crippen molar-refractivity contribution >= 4 is 23.2 Å². The van der Waals surface area contributed by atoms with Gasteiger partial charge in [-0.3, -0.25) is 9.69 Å². The van der Waals surface area contributed by atoms with Crippen LogP contribution in [0.15, 0.2) is 28.6 Å². The Labute approximate surface area is 149 Å². The third-order valence-electron chi connectivity index (χ3n) is 4.50. The molecule has 2 heterocycles. The summed E-state index contributed by atoms with van der Waals surface area (Å²) < 4.78 is 13.6. The first-order valence-corrected chi connectivity index (χ1v) is 8.55. The van der Waals surface area contributed by atoms with Gasteiger partial charge >= 0.3 is 0 Å². The minimum absolute atomic E-state index is 0.00703. The Hall–Kier alpha value is -2.72. The van der Waals surface area contributed by atoms with Gasteiger partial charge in [0.25, 0.3) is 0 Å². The van der Waals surface area contributed by atoms with E-state index in [2.05, 4.69) is 4.99 Å². The van der Waals surface area contributed by atoms with Crippen molar-refractivity contribution in [3.63, 3.8) is 0 Å². The van der Waals surface area contributed by atoms with Gasteiger partial charge in [-0.1, -0.05) is 6.07 Å². The van der Waals surface area contributed by atoms with Crippen LogP contribution in [0.2, 0.25) is 0 Å². The highest BCUT2D eigenvalue weighted by Gasteiger charge is 2.38. The molecule has 128 valence electrons. The number of aliphatic imine (C=N–C) groups is 1. The van der Waals surface area contributed by atoms with E-state index in [-0.39, 0.29) is 23.9 Å². The molecule has 1 aliphatic rings. The molecule has 3 rings (SSSR count). The van der Waals surface area contributed by atoms with E-state index in [4.69, 9.17) is 11.0 Å². The summed E-state index contributed by atoms with van der Waals surface area (Å²) in [6, 6.07) is 6.34. The van der Waals surface area contributed by atoms with Gasteiger partial charge in [0.15, 0.2) is 5.96 Å². The number of hydrogen-bond acceptors (Lipinski definition) is 5. The first kappa shape index (κ1) is 17.1. The second kappa shape index (κ2) is 5.97. The number of guanidine groups is 1. The van der Waals surface area contributed by atoms with E-state index in [0.717, 1.165) is 21.6 Å². The third-order valence-corrected chi connectivity index (χ3v) is 5.84. The molecule has 0 saturated heterocycles. The molecule has 5 nitrogen and oxygen atoms in total. The lowest BCUT2D eigenvalue weighted by Gasteiger charge is -2.33. The normalized spacial score (nSPS) is 20.4.